The van der Waals surface area contributed by atoms with Crippen molar-refractivity contribution in [1.82, 2.24) is 19.3 Å². The molecule has 6 rings (SSSR count). The second kappa shape index (κ2) is 15.5. The molecule has 278 valence electrons. The molecule has 5 aromatic rings. The van der Waals surface area contributed by atoms with Gasteiger partial charge in [-0.1, -0.05) is 72.8 Å². The van der Waals surface area contributed by atoms with Crippen LogP contribution in [-0.2, 0) is 29.2 Å². The van der Waals surface area contributed by atoms with Crippen molar-refractivity contribution in [2.24, 2.45) is 5.41 Å². The van der Waals surface area contributed by atoms with Crippen LogP contribution in [-0.4, -0.2) is 63.2 Å². The second-order valence-electron chi connectivity index (χ2n) is 13.8. The van der Waals surface area contributed by atoms with Crippen LogP contribution in [0.15, 0.2) is 102 Å². The van der Waals surface area contributed by atoms with Crippen LogP contribution in [0.25, 0.3) is 11.1 Å². The highest BCUT2D eigenvalue weighted by molar-refractivity contribution is 8.22. The Bertz CT molecular complexity index is 2120. The summed E-state index contributed by atoms with van der Waals surface area (Å²) in [6.07, 6.45) is 1.27. The van der Waals surface area contributed by atoms with Gasteiger partial charge in [0.05, 0.1) is 43.0 Å². The molecule has 2 heterocycles. The molecule has 0 amide bonds. The molecule has 1 aliphatic heterocycles. The first-order chi connectivity index (χ1) is 25.3. The number of aromatic nitrogens is 3. The van der Waals surface area contributed by atoms with E-state index in [1.54, 1.807) is 71.5 Å². The summed E-state index contributed by atoms with van der Waals surface area (Å²) in [7, 11) is -3.40. The molecule has 0 bridgehead atoms. The number of carbonyl (C=O) groups is 2. The number of benzene rings is 4. The minimum absolute atomic E-state index is 0.00836. The van der Waals surface area contributed by atoms with Gasteiger partial charge in [0.2, 0.25) is 0 Å². The zero-order valence-corrected chi connectivity index (χ0v) is 30.9. The van der Waals surface area contributed by atoms with E-state index >= 15 is 0 Å². The Hall–Kier alpha value is -5.05. The molecule has 1 aromatic heterocycles. The van der Waals surface area contributed by atoms with E-state index in [-0.39, 0.29) is 31.4 Å². The minimum Gasteiger partial charge on any atom is -0.487 e. The van der Waals surface area contributed by atoms with Gasteiger partial charge in [-0.3, -0.25) is 13.9 Å². The fourth-order valence-corrected chi connectivity index (χ4v) is 8.01. The number of aliphatic carboxylic acids is 1. The normalized spacial score (nSPS) is 16.9. The predicted octanol–water partition coefficient (Wildman–Crippen LogP) is 8.07. The number of fused-ring (bicyclic) bond motifs is 1. The number of aromatic carboxylic acids is 1. The molecule has 4 N–H and O–H groups in total. The van der Waals surface area contributed by atoms with Gasteiger partial charge in [-0.25, -0.2) is 9.48 Å². The van der Waals surface area contributed by atoms with Crippen LogP contribution in [0, 0.1) is 12.3 Å². The SMILES string of the molecule is CC[C@@H]1CN(Cc2cc(C(OCc3cn(Cc4cccc(-c5cccc(C(=O)O)c5)c4)nn3)C(C)(C)C(=O)O)ccc2C)S(O)(O)c2ccccc2O1. The molecular weight excluding hydrogens is 697 g/mol. The summed E-state index contributed by atoms with van der Waals surface area (Å²) in [5.74, 6) is -1.57. The number of rotatable bonds is 13. The van der Waals surface area contributed by atoms with E-state index in [4.69, 9.17) is 9.47 Å². The number of hydrogen-bond acceptors (Lipinski definition) is 9. The lowest BCUT2D eigenvalue weighted by atomic mass is 9.81. The highest BCUT2D eigenvalue weighted by atomic mass is 32.3. The van der Waals surface area contributed by atoms with Gasteiger partial charge in [0.25, 0.3) is 0 Å². The van der Waals surface area contributed by atoms with Crippen molar-refractivity contribution in [2.75, 3.05) is 6.54 Å². The molecule has 0 saturated heterocycles. The average Bonchev–Trinajstić information content (AvgIpc) is 3.54. The number of aryl methyl sites for hydroxylation is 1. The first-order valence-electron chi connectivity index (χ1n) is 17.3. The lowest BCUT2D eigenvalue weighted by molar-refractivity contribution is -0.158. The number of hydrogen-bond donors (Lipinski definition) is 4. The molecule has 4 aromatic carbocycles. The van der Waals surface area contributed by atoms with Gasteiger partial charge in [-0.15, -0.1) is 15.9 Å². The predicted molar refractivity (Wildman–Crippen MR) is 201 cm³/mol. The third-order valence-corrected chi connectivity index (χ3v) is 11.5. The van der Waals surface area contributed by atoms with Crippen molar-refractivity contribution >= 4 is 22.7 Å². The number of carboxylic acid groups (broad SMARTS) is 2. The summed E-state index contributed by atoms with van der Waals surface area (Å²) in [6, 6.07) is 27.1. The van der Waals surface area contributed by atoms with Gasteiger partial charge in [-0.05, 0) is 90.9 Å². The number of ether oxygens (including phenoxy) is 2. The van der Waals surface area contributed by atoms with E-state index in [2.05, 4.69) is 10.3 Å². The molecule has 0 saturated carbocycles. The Labute approximate surface area is 310 Å². The number of nitrogens with zero attached hydrogens (tertiary/aromatic N) is 4. The first-order valence-corrected chi connectivity index (χ1v) is 18.8. The summed E-state index contributed by atoms with van der Waals surface area (Å²) in [6.45, 7) is 8.02. The van der Waals surface area contributed by atoms with Crippen LogP contribution in [0.5, 0.6) is 5.75 Å². The summed E-state index contributed by atoms with van der Waals surface area (Å²) >= 11 is 0. The fourth-order valence-electron chi connectivity index (χ4n) is 6.39. The summed E-state index contributed by atoms with van der Waals surface area (Å²) < 4.78 is 39.0. The molecule has 12 nitrogen and oxygen atoms in total. The van der Waals surface area contributed by atoms with Crippen LogP contribution in [0.4, 0.5) is 0 Å². The smallest absolute Gasteiger partial charge is 0.335 e. The maximum Gasteiger partial charge on any atom is 0.335 e. The van der Waals surface area contributed by atoms with E-state index in [0.29, 0.717) is 34.9 Å². The van der Waals surface area contributed by atoms with Gasteiger partial charge in [0.15, 0.2) is 0 Å². The van der Waals surface area contributed by atoms with Crippen molar-refractivity contribution in [3.63, 3.8) is 0 Å². The Morgan fingerprint density at radius 2 is 1.70 bits per heavy atom. The molecule has 0 fully saturated rings. The highest BCUT2D eigenvalue weighted by Crippen LogP contribution is 2.57. The Kier molecular flexibility index (Phi) is 11.0. The lowest BCUT2D eigenvalue weighted by Gasteiger charge is -2.42. The third kappa shape index (κ3) is 8.29. The van der Waals surface area contributed by atoms with Crippen LogP contribution < -0.4 is 4.74 Å². The summed E-state index contributed by atoms with van der Waals surface area (Å²) in [5.41, 5.74) is 4.30. The number of carboxylic acids is 2. The minimum atomic E-state index is -3.40. The Balaban J connectivity index is 1.21. The molecule has 13 heteroatoms. The van der Waals surface area contributed by atoms with Gasteiger partial charge in [-0.2, -0.15) is 4.31 Å². The van der Waals surface area contributed by atoms with E-state index in [1.165, 1.54) is 0 Å². The van der Waals surface area contributed by atoms with Gasteiger partial charge in [0, 0.05) is 6.54 Å². The standard InChI is InChI=1S/C40H44N4O8S/c1-5-34-24-44(53(49,50)36-15-7-6-14-35(36)52-34)22-32-20-30(17-16-26(32)2)37(40(3,4)39(47)48)51-25-33-23-43(42-41-33)21-27-10-8-11-28(18-27)29-12-9-13-31(19-29)38(45)46/h6-20,23,34,37,49-50H,5,21-22,24-25H2,1-4H3,(H,45,46)(H,47,48)/t34-,37?/m1/s1. The third-order valence-electron chi connectivity index (χ3n) is 9.59. The largest absolute Gasteiger partial charge is 0.487 e. The van der Waals surface area contributed by atoms with Crippen molar-refractivity contribution in [3.05, 3.63) is 131 Å². The molecular formula is C40H44N4O8S. The summed E-state index contributed by atoms with van der Waals surface area (Å²) in [5, 5.41) is 28.2. The van der Waals surface area contributed by atoms with E-state index in [1.807, 2.05) is 62.4 Å². The van der Waals surface area contributed by atoms with Crippen molar-refractivity contribution in [2.45, 2.75) is 70.9 Å². The van der Waals surface area contributed by atoms with E-state index < -0.39 is 34.2 Å². The van der Waals surface area contributed by atoms with Crippen LogP contribution in [0.2, 0.25) is 0 Å². The fraction of sp³-hybridized carbons (Fsp3) is 0.300. The number of para-hydroxylation sites is 1. The van der Waals surface area contributed by atoms with Crippen molar-refractivity contribution < 1.29 is 38.4 Å². The molecule has 1 unspecified atom stereocenters. The Morgan fingerprint density at radius 3 is 2.43 bits per heavy atom. The highest BCUT2D eigenvalue weighted by Gasteiger charge is 2.40. The van der Waals surface area contributed by atoms with Gasteiger partial charge >= 0.3 is 11.9 Å². The van der Waals surface area contributed by atoms with Gasteiger partial charge < -0.3 is 19.7 Å². The lowest BCUT2D eigenvalue weighted by Crippen LogP contribution is -2.35. The average molecular weight is 741 g/mol. The first kappa shape index (κ1) is 37.7. The zero-order chi connectivity index (χ0) is 37.9. The van der Waals surface area contributed by atoms with Crippen molar-refractivity contribution in [1.29, 1.82) is 0 Å². The molecule has 0 spiro atoms. The molecule has 2 atom stereocenters. The second-order valence-corrected chi connectivity index (χ2v) is 15.8. The quantitative estimate of drug-likeness (QED) is 0.0922. The zero-order valence-electron chi connectivity index (χ0n) is 30.0. The Morgan fingerprint density at radius 1 is 0.962 bits per heavy atom. The van der Waals surface area contributed by atoms with E-state index in [0.717, 1.165) is 27.8 Å². The maximum absolute atomic E-state index is 12.6. The monoisotopic (exact) mass is 740 g/mol. The molecule has 53 heavy (non-hydrogen) atoms. The maximum atomic E-state index is 12.6. The van der Waals surface area contributed by atoms with Crippen molar-refractivity contribution in [3.8, 4) is 16.9 Å². The topological polar surface area (TPSA) is 167 Å². The van der Waals surface area contributed by atoms with Crippen LogP contribution in [0.1, 0.15) is 71.6 Å². The molecule has 0 radical (unpaired) electrons. The molecule has 1 aliphatic rings. The summed E-state index contributed by atoms with van der Waals surface area (Å²) in [4.78, 5) is 24.4. The van der Waals surface area contributed by atoms with E-state index in [9.17, 15) is 28.9 Å². The molecule has 0 aliphatic carbocycles. The van der Waals surface area contributed by atoms with Gasteiger partial charge in [0.1, 0.15) is 22.4 Å². The van der Waals surface area contributed by atoms with Crippen LogP contribution in [0.3, 0.4) is 0 Å². The van der Waals surface area contributed by atoms with Crippen LogP contribution >= 0.6 is 10.8 Å².